The van der Waals surface area contributed by atoms with Crippen LogP contribution in [0.2, 0.25) is 0 Å². The highest BCUT2D eigenvalue weighted by Crippen LogP contribution is 2.22. The topological polar surface area (TPSA) is 49.5 Å². The predicted molar refractivity (Wildman–Crippen MR) is 68.6 cm³/mol. The third-order valence-corrected chi connectivity index (χ3v) is 2.81. The lowest BCUT2D eigenvalue weighted by Crippen LogP contribution is -2.25. The van der Waals surface area contributed by atoms with E-state index < -0.39 is 0 Å². The Hall–Kier alpha value is -1.13. The van der Waals surface area contributed by atoms with Crippen molar-refractivity contribution < 1.29 is 9.50 Å². The van der Waals surface area contributed by atoms with Gasteiger partial charge in [0.25, 0.3) is 0 Å². The Morgan fingerprint density at radius 2 is 2.18 bits per heavy atom. The van der Waals surface area contributed by atoms with Gasteiger partial charge in [-0.05, 0) is 38.0 Å². The first kappa shape index (κ1) is 13.9. The third kappa shape index (κ3) is 3.68. The van der Waals surface area contributed by atoms with Crippen molar-refractivity contribution in [2.75, 3.05) is 24.6 Å². The number of aliphatic hydroxyl groups excluding tert-OH is 1. The van der Waals surface area contributed by atoms with Crippen LogP contribution >= 0.6 is 0 Å². The largest absolute Gasteiger partial charge is 0.396 e. The highest BCUT2D eigenvalue weighted by molar-refractivity contribution is 5.49. The summed E-state index contributed by atoms with van der Waals surface area (Å²) in [5, 5.41) is 8.81. The molecule has 0 bridgehead atoms. The fraction of sp³-hybridized carbons (Fsp3) is 0.538. The van der Waals surface area contributed by atoms with Gasteiger partial charge in [-0.2, -0.15) is 0 Å². The summed E-state index contributed by atoms with van der Waals surface area (Å²) in [5.74, 6) is -0.250. The number of anilines is 1. The molecule has 0 unspecified atom stereocenters. The van der Waals surface area contributed by atoms with Gasteiger partial charge in [0.2, 0.25) is 0 Å². The van der Waals surface area contributed by atoms with Crippen LogP contribution < -0.4 is 10.6 Å². The minimum absolute atomic E-state index is 0.121. The van der Waals surface area contributed by atoms with E-state index in [0.29, 0.717) is 25.2 Å². The molecule has 0 saturated carbocycles. The maximum atomic E-state index is 13.9. The zero-order valence-corrected chi connectivity index (χ0v) is 10.5. The maximum absolute atomic E-state index is 13.9. The zero-order chi connectivity index (χ0) is 12.8. The summed E-state index contributed by atoms with van der Waals surface area (Å²) in [6.45, 7) is 5.29. The van der Waals surface area contributed by atoms with Crippen LogP contribution in [0.25, 0.3) is 0 Å². The van der Waals surface area contributed by atoms with Crippen LogP contribution in [0.5, 0.6) is 0 Å². The lowest BCUT2D eigenvalue weighted by molar-refractivity contribution is 0.289. The zero-order valence-electron chi connectivity index (χ0n) is 10.5. The fourth-order valence-corrected chi connectivity index (χ4v) is 1.77. The molecule has 0 aliphatic heterocycles. The summed E-state index contributed by atoms with van der Waals surface area (Å²) in [5.41, 5.74) is 7.08. The molecule has 0 amide bonds. The number of halogens is 1. The molecular weight excluding hydrogens is 219 g/mol. The van der Waals surface area contributed by atoms with Gasteiger partial charge < -0.3 is 15.7 Å². The van der Waals surface area contributed by atoms with Crippen LogP contribution in [-0.4, -0.2) is 24.8 Å². The molecule has 3 N–H and O–H groups in total. The normalized spacial score (nSPS) is 12.5. The van der Waals surface area contributed by atoms with E-state index in [2.05, 4.69) is 0 Å². The lowest BCUT2D eigenvalue weighted by atomic mass is 10.1. The monoisotopic (exact) mass is 240 g/mol. The summed E-state index contributed by atoms with van der Waals surface area (Å²) >= 11 is 0. The number of aliphatic hydroxyl groups is 1. The summed E-state index contributed by atoms with van der Waals surface area (Å²) in [6.07, 6.45) is 0.641. The molecule has 96 valence electrons. The van der Waals surface area contributed by atoms with Gasteiger partial charge in [0, 0.05) is 25.7 Å². The fourth-order valence-electron chi connectivity index (χ4n) is 1.77. The first-order chi connectivity index (χ1) is 8.10. The Morgan fingerprint density at radius 1 is 1.47 bits per heavy atom. The highest BCUT2D eigenvalue weighted by Gasteiger charge is 2.11. The van der Waals surface area contributed by atoms with Gasteiger partial charge in [-0.1, -0.05) is 6.07 Å². The van der Waals surface area contributed by atoms with Crippen LogP contribution in [0.15, 0.2) is 18.2 Å². The SMILES string of the molecule is CCN(CCCO)c1ccc([C@@H](C)N)cc1F. The van der Waals surface area contributed by atoms with E-state index >= 15 is 0 Å². The van der Waals surface area contributed by atoms with Gasteiger partial charge in [0.1, 0.15) is 5.82 Å². The minimum atomic E-state index is -0.250. The maximum Gasteiger partial charge on any atom is 0.146 e. The van der Waals surface area contributed by atoms with Crippen molar-refractivity contribution in [3.63, 3.8) is 0 Å². The van der Waals surface area contributed by atoms with E-state index in [1.54, 1.807) is 6.07 Å². The van der Waals surface area contributed by atoms with Crippen molar-refractivity contribution in [3.8, 4) is 0 Å². The molecule has 3 nitrogen and oxygen atoms in total. The molecule has 0 spiro atoms. The molecule has 0 aromatic heterocycles. The highest BCUT2D eigenvalue weighted by atomic mass is 19.1. The molecule has 1 aromatic carbocycles. The Kier molecular flexibility index (Phi) is 5.38. The molecular formula is C13H21FN2O. The lowest BCUT2D eigenvalue weighted by Gasteiger charge is -2.23. The van der Waals surface area contributed by atoms with Crippen LogP contribution in [0.3, 0.4) is 0 Å². The Morgan fingerprint density at radius 3 is 2.65 bits per heavy atom. The van der Waals surface area contributed by atoms with Gasteiger partial charge in [0.05, 0.1) is 5.69 Å². The van der Waals surface area contributed by atoms with Gasteiger partial charge in [0.15, 0.2) is 0 Å². The molecule has 17 heavy (non-hydrogen) atoms. The second-order valence-electron chi connectivity index (χ2n) is 4.16. The number of benzene rings is 1. The number of rotatable bonds is 6. The van der Waals surface area contributed by atoms with Crippen LogP contribution in [0, 0.1) is 5.82 Å². The Labute approximate surface area is 102 Å². The van der Waals surface area contributed by atoms with E-state index in [1.165, 1.54) is 6.07 Å². The predicted octanol–water partition coefficient (Wildman–Crippen LogP) is 2.05. The second kappa shape index (κ2) is 6.57. The van der Waals surface area contributed by atoms with Crippen molar-refractivity contribution in [2.24, 2.45) is 5.73 Å². The second-order valence-corrected chi connectivity index (χ2v) is 4.16. The van der Waals surface area contributed by atoms with Gasteiger partial charge in [-0.15, -0.1) is 0 Å². The molecule has 1 aromatic rings. The molecule has 0 aliphatic rings. The smallest absolute Gasteiger partial charge is 0.146 e. The third-order valence-electron chi connectivity index (χ3n) is 2.81. The van der Waals surface area contributed by atoms with Crippen LogP contribution in [0.1, 0.15) is 31.9 Å². The summed E-state index contributed by atoms with van der Waals surface area (Å²) in [4.78, 5) is 1.91. The van der Waals surface area contributed by atoms with E-state index in [0.717, 1.165) is 5.56 Å². The van der Waals surface area contributed by atoms with Crippen molar-refractivity contribution in [1.82, 2.24) is 0 Å². The Bertz CT molecular complexity index is 355. The van der Waals surface area contributed by atoms with Crippen molar-refractivity contribution >= 4 is 5.69 Å². The molecule has 0 radical (unpaired) electrons. The number of hydrogen-bond donors (Lipinski definition) is 2. The first-order valence-corrected chi connectivity index (χ1v) is 6.01. The number of nitrogens with two attached hydrogens (primary N) is 1. The molecule has 0 saturated heterocycles. The molecule has 1 rings (SSSR count). The van der Waals surface area contributed by atoms with Gasteiger partial charge >= 0.3 is 0 Å². The molecule has 0 fully saturated rings. The molecule has 0 heterocycles. The average molecular weight is 240 g/mol. The molecule has 4 heteroatoms. The standard InChI is InChI=1S/C13H21FN2O/c1-3-16(7-4-8-17)13-6-5-11(10(2)15)9-12(13)14/h5-6,9-10,17H,3-4,7-8,15H2,1-2H3/t10-/m1/s1. The van der Waals surface area contributed by atoms with E-state index in [1.807, 2.05) is 24.8 Å². The number of hydrogen-bond acceptors (Lipinski definition) is 3. The number of nitrogens with zero attached hydrogens (tertiary/aromatic N) is 1. The van der Waals surface area contributed by atoms with E-state index in [-0.39, 0.29) is 18.5 Å². The minimum Gasteiger partial charge on any atom is -0.396 e. The molecule has 1 atom stereocenters. The van der Waals surface area contributed by atoms with Crippen molar-refractivity contribution in [2.45, 2.75) is 26.3 Å². The first-order valence-electron chi connectivity index (χ1n) is 6.01. The van der Waals surface area contributed by atoms with Gasteiger partial charge in [-0.25, -0.2) is 4.39 Å². The van der Waals surface area contributed by atoms with Crippen LogP contribution in [0.4, 0.5) is 10.1 Å². The Balaban J connectivity index is 2.88. The summed E-state index contributed by atoms with van der Waals surface area (Å²) in [7, 11) is 0. The van der Waals surface area contributed by atoms with E-state index in [4.69, 9.17) is 10.8 Å². The molecule has 0 aliphatic carbocycles. The average Bonchev–Trinajstić information content (AvgIpc) is 2.31. The summed E-state index contributed by atoms with van der Waals surface area (Å²) in [6, 6.07) is 4.94. The van der Waals surface area contributed by atoms with E-state index in [9.17, 15) is 4.39 Å². The quantitative estimate of drug-likeness (QED) is 0.800. The van der Waals surface area contributed by atoms with Crippen molar-refractivity contribution in [1.29, 1.82) is 0 Å². The van der Waals surface area contributed by atoms with Gasteiger partial charge in [-0.3, -0.25) is 0 Å². The van der Waals surface area contributed by atoms with Crippen molar-refractivity contribution in [3.05, 3.63) is 29.6 Å². The van der Waals surface area contributed by atoms with Crippen LogP contribution in [-0.2, 0) is 0 Å². The summed E-state index contributed by atoms with van der Waals surface area (Å²) < 4.78 is 13.9.